The summed E-state index contributed by atoms with van der Waals surface area (Å²) in [6, 6.07) is 7.58. The monoisotopic (exact) mass is 279 g/mol. The van der Waals surface area contributed by atoms with Crippen LogP contribution in [0.2, 0.25) is 5.02 Å². The fraction of sp³-hybridized carbons (Fsp3) is 0.562. The summed E-state index contributed by atoms with van der Waals surface area (Å²) < 4.78 is 0. The molecule has 0 aliphatic heterocycles. The molecule has 2 nitrogen and oxygen atoms in total. The van der Waals surface area contributed by atoms with Gasteiger partial charge in [0.15, 0.2) is 0 Å². The molecule has 2 rings (SSSR count). The summed E-state index contributed by atoms with van der Waals surface area (Å²) in [5, 5.41) is 3.70. The molecule has 0 radical (unpaired) electrons. The van der Waals surface area contributed by atoms with Crippen molar-refractivity contribution in [1.29, 1.82) is 0 Å². The number of hydrogen-bond donors (Lipinski definition) is 1. The van der Waals surface area contributed by atoms with E-state index in [1.54, 1.807) is 12.1 Å². The van der Waals surface area contributed by atoms with Gasteiger partial charge < -0.3 is 5.32 Å². The molecule has 0 spiro atoms. The average Bonchev–Trinajstić information content (AvgIpc) is 2.84. The van der Waals surface area contributed by atoms with Crippen LogP contribution in [0.25, 0.3) is 0 Å². The largest absolute Gasteiger partial charge is 0.349 e. The summed E-state index contributed by atoms with van der Waals surface area (Å²) in [7, 11) is 0. The van der Waals surface area contributed by atoms with E-state index in [2.05, 4.69) is 12.2 Å². The Kier molecular flexibility index (Phi) is 5.26. The highest BCUT2D eigenvalue weighted by atomic mass is 35.5. The van der Waals surface area contributed by atoms with Crippen molar-refractivity contribution in [3.05, 3.63) is 34.9 Å². The Morgan fingerprint density at radius 1 is 1.37 bits per heavy atom. The number of rotatable bonds is 5. The Morgan fingerprint density at radius 3 is 2.89 bits per heavy atom. The van der Waals surface area contributed by atoms with Crippen LogP contribution < -0.4 is 5.32 Å². The zero-order chi connectivity index (χ0) is 13.7. The molecule has 1 fully saturated rings. The summed E-state index contributed by atoms with van der Waals surface area (Å²) >= 11 is 6.06. The molecule has 0 aromatic heterocycles. The SMILES string of the molecule is CCCCC1CCCC1NC(=O)c1ccccc1Cl. The molecular formula is C16H22ClNO. The van der Waals surface area contributed by atoms with Gasteiger partial charge in [0.2, 0.25) is 0 Å². The number of carbonyl (C=O) groups excluding carboxylic acids is 1. The van der Waals surface area contributed by atoms with Crippen LogP contribution in [0.5, 0.6) is 0 Å². The number of nitrogens with one attached hydrogen (secondary N) is 1. The van der Waals surface area contributed by atoms with E-state index in [1.807, 2.05) is 12.1 Å². The number of amides is 1. The fourth-order valence-corrected chi connectivity index (χ4v) is 3.15. The highest BCUT2D eigenvalue weighted by Gasteiger charge is 2.28. The van der Waals surface area contributed by atoms with Gasteiger partial charge in [-0.3, -0.25) is 4.79 Å². The Balaban J connectivity index is 1.96. The van der Waals surface area contributed by atoms with Gasteiger partial charge in [0.05, 0.1) is 10.6 Å². The molecule has 2 atom stereocenters. The molecule has 2 unspecified atom stereocenters. The Bertz CT molecular complexity index is 433. The lowest BCUT2D eigenvalue weighted by Gasteiger charge is -2.21. The van der Waals surface area contributed by atoms with Crippen molar-refractivity contribution < 1.29 is 4.79 Å². The number of halogens is 1. The topological polar surface area (TPSA) is 29.1 Å². The van der Waals surface area contributed by atoms with Crippen LogP contribution in [0.15, 0.2) is 24.3 Å². The van der Waals surface area contributed by atoms with Gasteiger partial charge in [-0.05, 0) is 37.3 Å². The fourth-order valence-electron chi connectivity index (χ4n) is 2.93. The van der Waals surface area contributed by atoms with E-state index in [4.69, 9.17) is 11.6 Å². The van der Waals surface area contributed by atoms with Crippen molar-refractivity contribution in [2.24, 2.45) is 5.92 Å². The average molecular weight is 280 g/mol. The van der Waals surface area contributed by atoms with Crippen molar-refractivity contribution in [1.82, 2.24) is 5.32 Å². The van der Waals surface area contributed by atoms with E-state index < -0.39 is 0 Å². The smallest absolute Gasteiger partial charge is 0.253 e. The van der Waals surface area contributed by atoms with Crippen LogP contribution >= 0.6 is 11.6 Å². The van der Waals surface area contributed by atoms with Crippen molar-refractivity contribution in [2.45, 2.75) is 51.5 Å². The second-order valence-electron chi connectivity index (χ2n) is 5.39. The van der Waals surface area contributed by atoms with Gasteiger partial charge in [0, 0.05) is 6.04 Å². The maximum atomic E-state index is 12.2. The minimum atomic E-state index is -0.0287. The van der Waals surface area contributed by atoms with Gasteiger partial charge in [-0.1, -0.05) is 49.9 Å². The lowest BCUT2D eigenvalue weighted by Crippen LogP contribution is -2.37. The highest BCUT2D eigenvalue weighted by molar-refractivity contribution is 6.33. The Morgan fingerprint density at radius 2 is 2.16 bits per heavy atom. The summed E-state index contributed by atoms with van der Waals surface area (Å²) in [6.07, 6.45) is 7.27. The van der Waals surface area contributed by atoms with Crippen LogP contribution in [-0.2, 0) is 0 Å². The van der Waals surface area contributed by atoms with E-state index in [9.17, 15) is 4.79 Å². The maximum absolute atomic E-state index is 12.2. The quantitative estimate of drug-likeness (QED) is 0.849. The zero-order valence-corrected chi connectivity index (χ0v) is 12.2. The van der Waals surface area contributed by atoms with Crippen LogP contribution in [-0.4, -0.2) is 11.9 Å². The first-order valence-corrected chi connectivity index (χ1v) is 7.65. The molecule has 1 aromatic carbocycles. The van der Waals surface area contributed by atoms with Crippen molar-refractivity contribution in [3.8, 4) is 0 Å². The lowest BCUT2D eigenvalue weighted by molar-refractivity contribution is 0.0926. The van der Waals surface area contributed by atoms with E-state index in [0.29, 0.717) is 22.5 Å². The van der Waals surface area contributed by atoms with Crippen LogP contribution in [0, 0.1) is 5.92 Å². The lowest BCUT2D eigenvalue weighted by atomic mass is 9.96. The minimum Gasteiger partial charge on any atom is -0.349 e. The van der Waals surface area contributed by atoms with Crippen molar-refractivity contribution in [3.63, 3.8) is 0 Å². The Hall–Kier alpha value is -1.02. The molecule has 1 saturated carbocycles. The number of unbranched alkanes of at least 4 members (excludes halogenated alkanes) is 1. The second kappa shape index (κ2) is 6.95. The van der Waals surface area contributed by atoms with E-state index in [0.717, 1.165) is 6.42 Å². The molecule has 1 aliphatic rings. The molecule has 19 heavy (non-hydrogen) atoms. The predicted molar refractivity (Wildman–Crippen MR) is 79.6 cm³/mol. The van der Waals surface area contributed by atoms with E-state index in [1.165, 1.54) is 32.1 Å². The van der Waals surface area contributed by atoms with Gasteiger partial charge in [0.1, 0.15) is 0 Å². The third-order valence-corrected chi connectivity index (χ3v) is 4.35. The van der Waals surface area contributed by atoms with E-state index >= 15 is 0 Å². The number of hydrogen-bond acceptors (Lipinski definition) is 1. The van der Waals surface area contributed by atoms with Gasteiger partial charge in [-0.2, -0.15) is 0 Å². The predicted octanol–water partition coefficient (Wildman–Crippen LogP) is 4.43. The Labute approximate surface area is 120 Å². The normalized spacial score (nSPS) is 22.4. The standard InChI is InChI=1S/C16H22ClNO/c1-2-3-7-12-8-6-11-15(12)18-16(19)13-9-4-5-10-14(13)17/h4-5,9-10,12,15H,2-3,6-8,11H2,1H3,(H,18,19). The number of carbonyl (C=O) groups is 1. The molecule has 0 bridgehead atoms. The molecule has 104 valence electrons. The van der Waals surface area contributed by atoms with E-state index in [-0.39, 0.29) is 5.91 Å². The first kappa shape index (κ1) is 14.4. The summed E-state index contributed by atoms with van der Waals surface area (Å²) in [5.74, 6) is 0.616. The van der Waals surface area contributed by atoms with Crippen molar-refractivity contribution >= 4 is 17.5 Å². The highest BCUT2D eigenvalue weighted by Crippen LogP contribution is 2.30. The summed E-state index contributed by atoms with van der Waals surface area (Å²) in [5.41, 5.74) is 0.588. The van der Waals surface area contributed by atoms with Crippen LogP contribution in [0.3, 0.4) is 0 Å². The zero-order valence-electron chi connectivity index (χ0n) is 11.5. The molecule has 1 aliphatic carbocycles. The molecule has 1 aromatic rings. The first-order valence-electron chi connectivity index (χ1n) is 7.27. The molecule has 0 saturated heterocycles. The van der Waals surface area contributed by atoms with Gasteiger partial charge in [-0.25, -0.2) is 0 Å². The van der Waals surface area contributed by atoms with Gasteiger partial charge in [-0.15, -0.1) is 0 Å². The number of benzene rings is 1. The molecule has 3 heteroatoms. The van der Waals surface area contributed by atoms with Crippen LogP contribution in [0.1, 0.15) is 55.8 Å². The maximum Gasteiger partial charge on any atom is 0.253 e. The summed E-state index contributed by atoms with van der Waals surface area (Å²) in [6.45, 7) is 2.21. The summed E-state index contributed by atoms with van der Waals surface area (Å²) in [4.78, 5) is 12.2. The second-order valence-corrected chi connectivity index (χ2v) is 5.80. The van der Waals surface area contributed by atoms with Gasteiger partial charge in [0.25, 0.3) is 5.91 Å². The molecular weight excluding hydrogens is 258 g/mol. The molecule has 1 amide bonds. The van der Waals surface area contributed by atoms with Gasteiger partial charge >= 0.3 is 0 Å². The molecule has 0 heterocycles. The molecule has 1 N–H and O–H groups in total. The van der Waals surface area contributed by atoms with Crippen molar-refractivity contribution in [2.75, 3.05) is 0 Å². The third-order valence-electron chi connectivity index (χ3n) is 4.02. The minimum absolute atomic E-state index is 0.0287. The first-order chi connectivity index (χ1) is 9.22. The third kappa shape index (κ3) is 3.73. The van der Waals surface area contributed by atoms with Crippen LogP contribution in [0.4, 0.5) is 0 Å².